The molecule has 1 aliphatic rings. The number of halogens is 1. The van der Waals surface area contributed by atoms with Gasteiger partial charge in [0.1, 0.15) is 5.75 Å². The van der Waals surface area contributed by atoms with Crippen molar-refractivity contribution >= 4 is 29.3 Å². The lowest BCUT2D eigenvalue weighted by Gasteiger charge is -2.24. The highest BCUT2D eigenvalue weighted by molar-refractivity contribution is 6.32. The van der Waals surface area contributed by atoms with Crippen molar-refractivity contribution in [3.63, 3.8) is 0 Å². The van der Waals surface area contributed by atoms with Crippen LogP contribution in [-0.2, 0) is 6.42 Å². The molecule has 1 atom stereocenters. The summed E-state index contributed by atoms with van der Waals surface area (Å²) >= 11 is 6.37. The van der Waals surface area contributed by atoms with E-state index in [9.17, 15) is 14.4 Å². The molecule has 0 unspecified atom stereocenters. The van der Waals surface area contributed by atoms with E-state index in [1.807, 2.05) is 68.4 Å². The smallest absolute Gasteiger partial charge is 0.261 e. The molecule has 5 rings (SSSR count). The molecule has 4 aromatic carbocycles. The van der Waals surface area contributed by atoms with Crippen LogP contribution in [0.15, 0.2) is 97.1 Å². The minimum absolute atomic E-state index is 0.0286. The number of imide groups is 1. The zero-order chi connectivity index (χ0) is 28.2. The maximum atomic E-state index is 13.3. The molecular formula is C33H29ClN2O4. The van der Waals surface area contributed by atoms with Crippen molar-refractivity contribution in [1.29, 1.82) is 0 Å². The lowest BCUT2D eigenvalue weighted by molar-refractivity contribution is 0.0628. The number of nitrogens with one attached hydrogen (secondary N) is 1. The van der Waals surface area contributed by atoms with Crippen LogP contribution in [0.3, 0.4) is 0 Å². The van der Waals surface area contributed by atoms with Gasteiger partial charge >= 0.3 is 0 Å². The third-order valence-electron chi connectivity index (χ3n) is 6.72. The highest BCUT2D eigenvalue weighted by atomic mass is 35.5. The van der Waals surface area contributed by atoms with Gasteiger partial charge in [0.05, 0.1) is 28.3 Å². The maximum Gasteiger partial charge on any atom is 0.261 e. The van der Waals surface area contributed by atoms with Gasteiger partial charge in [-0.25, -0.2) is 0 Å². The second-order valence-corrected chi connectivity index (χ2v) is 10.4. The van der Waals surface area contributed by atoms with Crippen molar-refractivity contribution in [2.24, 2.45) is 0 Å². The van der Waals surface area contributed by atoms with Crippen LogP contribution in [-0.4, -0.2) is 41.3 Å². The number of hydrogen-bond donors (Lipinski definition) is 1. The van der Waals surface area contributed by atoms with Crippen molar-refractivity contribution in [3.8, 4) is 16.9 Å². The molecule has 6 nitrogen and oxygen atoms in total. The largest absolute Gasteiger partial charge is 0.489 e. The van der Waals surface area contributed by atoms with E-state index in [4.69, 9.17) is 16.3 Å². The molecule has 0 spiro atoms. The molecule has 1 N–H and O–H groups in total. The Labute approximate surface area is 238 Å². The quantitative estimate of drug-likeness (QED) is 0.243. The lowest BCUT2D eigenvalue weighted by Crippen LogP contribution is -2.47. The van der Waals surface area contributed by atoms with Crippen molar-refractivity contribution in [1.82, 2.24) is 10.2 Å². The van der Waals surface area contributed by atoms with Crippen molar-refractivity contribution in [3.05, 3.63) is 124 Å². The van der Waals surface area contributed by atoms with Gasteiger partial charge in [-0.15, -0.1) is 0 Å². The standard InChI is InChI=1S/C33H29ClN2O4/c1-21(2)40-30-17-16-25(19-29(30)34)31(37)35-26(20-36-32(38)27-10-6-7-11-28(27)33(36)39)18-22-12-14-24(15-13-22)23-8-4-3-5-9-23/h3-17,19,21,26H,18,20H2,1-2H3,(H,35,37)/t26-/m0/s1. The van der Waals surface area contributed by atoms with E-state index < -0.39 is 6.04 Å². The Morgan fingerprint density at radius 2 is 1.43 bits per heavy atom. The fourth-order valence-corrected chi connectivity index (χ4v) is 5.02. The SMILES string of the molecule is CC(C)Oc1ccc(C(=O)N[C@@H](Cc2ccc(-c3ccccc3)cc2)CN2C(=O)c3ccccc3C2=O)cc1Cl. The van der Waals surface area contributed by atoms with Crippen LogP contribution in [0.4, 0.5) is 0 Å². The molecule has 7 heteroatoms. The van der Waals surface area contributed by atoms with Gasteiger partial charge < -0.3 is 10.1 Å². The van der Waals surface area contributed by atoms with E-state index in [1.165, 1.54) is 4.90 Å². The van der Waals surface area contributed by atoms with E-state index in [-0.39, 0.29) is 30.4 Å². The van der Waals surface area contributed by atoms with Gasteiger partial charge in [0.2, 0.25) is 0 Å². The van der Waals surface area contributed by atoms with Gasteiger partial charge in [0, 0.05) is 12.1 Å². The predicted molar refractivity (Wildman–Crippen MR) is 156 cm³/mol. The number of hydrogen-bond acceptors (Lipinski definition) is 4. The number of ether oxygens (including phenoxy) is 1. The minimum atomic E-state index is -0.539. The second-order valence-electron chi connectivity index (χ2n) is 10.0. The van der Waals surface area contributed by atoms with E-state index in [0.717, 1.165) is 16.7 Å². The first-order valence-corrected chi connectivity index (χ1v) is 13.5. The molecule has 0 bridgehead atoms. The highest BCUT2D eigenvalue weighted by Gasteiger charge is 2.36. The summed E-state index contributed by atoms with van der Waals surface area (Å²) in [5.41, 5.74) is 4.23. The topological polar surface area (TPSA) is 75.7 Å². The Morgan fingerprint density at radius 3 is 2.02 bits per heavy atom. The van der Waals surface area contributed by atoms with Crippen LogP contribution >= 0.6 is 11.6 Å². The molecule has 0 fully saturated rings. The van der Waals surface area contributed by atoms with Crippen molar-refractivity contribution in [2.45, 2.75) is 32.4 Å². The molecule has 0 aliphatic carbocycles. The molecule has 1 aliphatic heterocycles. The Kier molecular flexibility index (Phi) is 7.99. The number of carbonyl (C=O) groups is 3. The third kappa shape index (κ3) is 5.92. The van der Waals surface area contributed by atoms with Gasteiger partial charge in [-0.2, -0.15) is 0 Å². The summed E-state index contributed by atoms with van der Waals surface area (Å²) in [7, 11) is 0. The van der Waals surface area contributed by atoms with E-state index in [0.29, 0.717) is 33.9 Å². The van der Waals surface area contributed by atoms with Gasteiger partial charge in [-0.3, -0.25) is 19.3 Å². The summed E-state index contributed by atoms with van der Waals surface area (Å²) in [5.74, 6) is -0.593. The molecule has 0 radical (unpaired) electrons. The van der Waals surface area contributed by atoms with Crippen LogP contribution in [0, 0.1) is 0 Å². The molecule has 4 aromatic rings. The summed E-state index contributed by atoms with van der Waals surface area (Å²) in [6.45, 7) is 3.82. The number of rotatable bonds is 9. The summed E-state index contributed by atoms with van der Waals surface area (Å²) in [5, 5.41) is 3.35. The Hall–Kier alpha value is -4.42. The van der Waals surface area contributed by atoms with E-state index in [2.05, 4.69) is 5.32 Å². The van der Waals surface area contributed by atoms with Gasteiger partial charge in [-0.05, 0) is 67.3 Å². The number of carbonyl (C=O) groups excluding carboxylic acids is 3. The monoisotopic (exact) mass is 552 g/mol. The zero-order valence-electron chi connectivity index (χ0n) is 22.3. The first-order chi connectivity index (χ1) is 19.3. The average molecular weight is 553 g/mol. The normalized spacial score (nSPS) is 13.3. The summed E-state index contributed by atoms with van der Waals surface area (Å²) < 4.78 is 5.68. The fourth-order valence-electron chi connectivity index (χ4n) is 4.80. The van der Waals surface area contributed by atoms with Crippen LogP contribution in [0.5, 0.6) is 5.75 Å². The van der Waals surface area contributed by atoms with Crippen LogP contribution in [0.1, 0.15) is 50.5 Å². The number of benzene rings is 4. The first-order valence-electron chi connectivity index (χ1n) is 13.2. The predicted octanol–water partition coefficient (Wildman–Crippen LogP) is 6.43. The Balaban J connectivity index is 1.38. The Bertz CT molecular complexity index is 1520. The van der Waals surface area contributed by atoms with Crippen LogP contribution in [0.25, 0.3) is 11.1 Å². The summed E-state index contributed by atoms with van der Waals surface area (Å²) in [4.78, 5) is 40.7. The zero-order valence-corrected chi connectivity index (χ0v) is 23.0. The van der Waals surface area contributed by atoms with E-state index >= 15 is 0 Å². The molecule has 0 saturated carbocycles. The molecule has 202 valence electrons. The van der Waals surface area contributed by atoms with Gasteiger partial charge in [0.15, 0.2) is 0 Å². The lowest BCUT2D eigenvalue weighted by atomic mass is 10.00. The van der Waals surface area contributed by atoms with Crippen LogP contribution in [0.2, 0.25) is 5.02 Å². The summed E-state index contributed by atoms with van der Waals surface area (Å²) in [6, 6.07) is 29.2. The highest BCUT2D eigenvalue weighted by Crippen LogP contribution is 2.27. The van der Waals surface area contributed by atoms with Crippen molar-refractivity contribution in [2.75, 3.05) is 6.54 Å². The first kappa shape index (κ1) is 27.2. The molecule has 1 heterocycles. The van der Waals surface area contributed by atoms with Crippen molar-refractivity contribution < 1.29 is 19.1 Å². The maximum absolute atomic E-state index is 13.3. The molecule has 40 heavy (non-hydrogen) atoms. The molecule has 0 saturated heterocycles. The van der Waals surface area contributed by atoms with Crippen LogP contribution < -0.4 is 10.1 Å². The molecule has 3 amide bonds. The van der Waals surface area contributed by atoms with Gasteiger partial charge in [-0.1, -0.05) is 78.3 Å². The number of fused-ring (bicyclic) bond motifs is 1. The van der Waals surface area contributed by atoms with E-state index in [1.54, 1.807) is 42.5 Å². The molecule has 0 aromatic heterocycles. The number of nitrogens with zero attached hydrogens (tertiary/aromatic N) is 1. The Morgan fingerprint density at radius 1 is 0.825 bits per heavy atom. The summed E-state index contributed by atoms with van der Waals surface area (Å²) in [6.07, 6.45) is 0.353. The third-order valence-corrected chi connectivity index (χ3v) is 7.01. The fraction of sp³-hybridized carbons (Fsp3) is 0.182. The second kappa shape index (κ2) is 11.8. The average Bonchev–Trinajstić information content (AvgIpc) is 3.19. The molecular weight excluding hydrogens is 524 g/mol. The number of amides is 3. The minimum Gasteiger partial charge on any atom is -0.489 e. The van der Waals surface area contributed by atoms with Gasteiger partial charge in [0.25, 0.3) is 17.7 Å².